The zero-order valence-corrected chi connectivity index (χ0v) is 13.8. The van der Waals surface area contributed by atoms with E-state index in [1.165, 1.54) is 0 Å². The Morgan fingerprint density at radius 3 is 2.55 bits per heavy atom. The highest BCUT2D eigenvalue weighted by Gasteiger charge is 2.28. The lowest BCUT2D eigenvalue weighted by atomic mass is 9.96. The zero-order valence-electron chi connectivity index (χ0n) is 13.8. The van der Waals surface area contributed by atoms with Gasteiger partial charge in [-0.05, 0) is 56.4 Å². The number of carbonyl (C=O) groups is 2. The number of amides is 2. The summed E-state index contributed by atoms with van der Waals surface area (Å²) in [6, 6.07) is 6.04. The van der Waals surface area contributed by atoms with Crippen LogP contribution in [-0.4, -0.2) is 29.8 Å². The quantitative estimate of drug-likeness (QED) is 0.928. The molecule has 0 bridgehead atoms. The third-order valence-electron chi connectivity index (χ3n) is 4.10. The van der Waals surface area contributed by atoms with Crippen LogP contribution in [0, 0.1) is 19.8 Å². The van der Waals surface area contributed by atoms with Crippen LogP contribution in [0.1, 0.15) is 43.7 Å². The van der Waals surface area contributed by atoms with Crippen LogP contribution in [0.15, 0.2) is 18.2 Å². The van der Waals surface area contributed by atoms with Crippen LogP contribution in [0.3, 0.4) is 0 Å². The Hall–Kier alpha value is -1.84. The second-order valence-electron chi connectivity index (χ2n) is 6.29. The molecule has 1 saturated heterocycles. The van der Waals surface area contributed by atoms with Gasteiger partial charge in [-0.2, -0.15) is 0 Å². The maximum atomic E-state index is 12.5. The number of aryl methyl sites for hydroxylation is 2. The van der Waals surface area contributed by atoms with Crippen LogP contribution in [0.25, 0.3) is 0 Å². The first kappa shape index (κ1) is 16.5. The molecule has 0 aliphatic carbocycles. The predicted octanol–water partition coefficient (Wildman–Crippen LogP) is 3.28. The van der Waals surface area contributed by atoms with Gasteiger partial charge in [-0.25, -0.2) is 0 Å². The SMILES string of the molecule is CCCC(=O)N1CCC[C@H](C(=O)Nc2cc(C)cc(C)c2)C1. The molecule has 4 heteroatoms. The van der Waals surface area contributed by atoms with Crippen molar-refractivity contribution in [2.45, 2.75) is 46.5 Å². The van der Waals surface area contributed by atoms with Crippen molar-refractivity contribution in [2.24, 2.45) is 5.92 Å². The van der Waals surface area contributed by atoms with Crippen molar-refractivity contribution >= 4 is 17.5 Å². The first-order valence-corrected chi connectivity index (χ1v) is 8.16. The van der Waals surface area contributed by atoms with E-state index in [2.05, 4.69) is 11.4 Å². The van der Waals surface area contributed by atoms with Gasteiger partial charge in [0.2, 0.25) is 11.8 Å². The lowest BCUT2D eigenvalue weighted by molar-refractivity contribution is -0.134. The largest absolute Gasteiger partial charge is 0.342 e. The fraction of sp³-hybridized carbons (Fsp3) is 0.556. The molecule has 4 nitrogen and oxygen atoms in total. The Balaban J connectivity index is 1.98. The molecule has 1 fully saturated rings. The highest BCUT2D eigenvalue weighted by molar-refractivity contribution is 5.93. The predicted molar refractivity (Wildman–Crippen MR) is 88.8 cm³/mol. The second-order valence-corrected chi connectivity index (χ2v) is 6.29. The van der Waals surface area contributed by atoms with Crippen LogP contribution < -0.4 is 5.32 Å². The van der Waals surface area contributed by atoms with E-state index < -0.39 is 0 Å². The number of hydrogen-bond acceptors (Lipinski definition) is 2. The summed E-state index contributed by atoms with van der Waals surface area (Å²) < 4.78 is 0. The summed E-state index contributed by atoms with van der Waals surface area (Å²) in [5, 5.41) is 3.01. The lowest BCUT2D eigenvalue weighted by Gasteiger charge is -2.32. The van der Waals surface area contributed by atoms with Crippen molar-refractivity contribution < 1.29 is 9.59 Å². The van der Waals surface area contributed by atoms with Crippen LogP contribution in [0.4, 0.5) is 5.69 Å². The molecular weight excluding hydrogens is 276 g/mol. The zero-order chi connectivity index (χ0) is 16.1. The standard InChI is InChI=1S/C18H26N2O2/c1-4-6-17(21)20-8-5-7-15(12-20)18(22)19-16-10-13(2)9-14(3)11-16/h9-11,15H,4-8,12H2,1-3H3,(H,19,22)/t15-/m0/s1. The molecule has 2 rings (SSSR count). The number of benzene rings is 1. The maximum absolute atomic E-state index is 12.5. The van der Waals surface area contributed by atoms with Gasteiger partial charge in [-0.3, -0.25) is 9.59 Å². The third-order valence-corrected chi connectivity index (χ3v) is 4.10. The van der Waals surface area contributed by atoms with E-state index in [1.54, 1.807) is 0 Å². The molecule has 0 radical (unpaired) electrons. The van der Waals surface area contributed by atoms with E-state index in [4.69, 9.17) is 0 Å². The lowest BCUT2D eigenvalue weighted by Crippen LogP contribution is -2.43. The Bertz CT molecular complexity index is 534. The number of anilines is 1. The normalized spacial score (nSPS) is 18.1. The van der Waals surface area contributed by atoms with Crippen LogP contribution >= 0.6 is 0 Å². The number of piperidine rings is 1. The summed E-state index contributed by atoms with van der Waals surface area (Å²) in [5.74, 6) is 0.0979. The molecular formula is C18H26N2O2. The number of rotatable bonds is 4. The summed E-state index contributed by atoms with van der Waals surface area (Å²) in [6.45, 7) is 7.39. The minimum atomic E-state index is -0.102. The van der Waals surface area contributed by atoms with Crippen LogP contribution in [0.5, 0.6) is 0 Å². The molecule has 1 N–H and O–H groups in total. The topological polar surface area (TPSA) is 49.4 Å². The van der Waals surface area contributed by atoms with Gasteiger partial charge in [0.1, 0.15) is 0 Å². The Morgan fingerprint density at radius 1 is 1.23 bits per heavy atom. The van der Waals surface area contributed by atoms with Crippen molar-refractivity contribution in [2.75, 3.05) is 18.4 Å². The maximum Gasteiger partial charge on any atom is 0.229 e. The van der Waals surface area contributed by atoms with Gasteiger partial charge in [0.15, 0.2) is 0 Å². The molecule has 1 aliphatic rings. The highest BCUT2D eigenvalue weighted by Crippen LogP contribution is 2.21. The van der Waals surface area contributed by atoms with Crippen molar-refractivity contribution in [3.05, 3.63) is 29.3 Å². The first-order valence-electron chi connectivity index (χ1n) is 8.16. The Labute approximate surface area is 132 Å². The summed E-state index contributed by atoms with van der Waals surface area (Å²) in [6.07, 6.45) is 3.19. The number of nitrogens with one attached hydrogen (secondary N) is 1. The van der Waals surface area contributed by atoms with Gasteiger partial charge in [0, 0.05) is 25.2 Å². The fourth-order valence-corrected chi connectivity index (χ4v) is 3.08. The molecule has 1 heterocycles. The van der Waals surface area contributed by atoms with E-state index in [0.717, 1.165) is 42.6 Å². The first-order chi connectivity index (χ1) is 10.5. The minimum absolute atomic E-state index is 0.0269. The number of likely N-dealkylation sites (tertiary alicyclic amines) is 1. The molecule has 2 amide bonds. The van der Waals surface area contributed by atoms with Gasteiger partial charge in [0.05, 0.1) is 5.92 Å². The monoisotopic (exact) mass is 302 g/mol. The van der Waals surface area contributed by atoms with Gasteiger partial charge in [0.25, 0.3) is 0 Å². The van der Waals surface area contributed by atoms with E-state index in [9.17, 15) is 9.59 Å². The molecule has 1 atom stereocenters. The summed E-state index contributed by atoms with van der Waals surface area (Å²) in [7, 11) is 0. The summed E-state index contributed by atoms with van der Waals surface area (Å²) >= 11 is 0. The second kappa shape index (κ2) is 7.43. The molecule has 0 spiro atoms. The average molecular weight is 302 g/mol. The van der Waals surface area contributed by atoms with Crippen molar-refractivity contribution in [3.8, 4) is 0 Å². The van der Waals surface area contributed by atoms with Crippen molar-refractivity contribution in [3.63, 3.8) is 0 Å². The Morgan fingerprint density at radius 2 is 1.91 bits per heavy atom. The highest BCUT2D eigenvalue weighted by atomic mass is 16.2. The average Bonchev–Trinajstić information content (AvgIpc) is 2.46. The summed E-state index contributed by atoms with van der Waals surface area (Å²) in [4.78, 5) is 26.3. The van der Waals surface area contributed by atoms with Gasteiger partial charge >= 0.3 is 0 Å². The molecule has 0 saturated carbocycles. The van der Waals surface area contributed by atoms with Crippen LogP contribution in [-0.2, 0) is 9.59 Å². The number of hydrogen-bond donors (Lipinski definition) is 1. The minimum Gasteiger partial charge on any atom is -0.342 e. The van der Waals surface area contributed by atoms with Crippen molar-refractivity contribution in [1.82, 2.24) is 4.90 Å². The Kier molecular flexibility index (Phi) is 5.58. The molecule has 120 valence electrons. The van der Waals surface area contributed by atoms with E-state index in [0.29, 0.717) is 13.0 Å². The van der Waals surface area contributed by atoms with Crippen LogP contribution in [0.2, 0.25) is 0 Å². The van der Waals surface area contributed by atoms with E-state index >= 15 is 0 Å². The number of carbonyl (C=O) groups excluding carboxylic acids is 2. The van der Waals surface area contributed by atoms with E-state index in [1.807, 2.05) is 37.8 Å². The summed E-state index contributed by atoms with van der Waals surface area (Å²) in [5.41, 5.74) is 3.12. The van der Waals surface area contributed by atoms with Gasteiger partial charge in [-0.15, -0.1) is 0 Å². The fourth-order valence-electron chi connectivity index (χ4n) is 3.08. The smallest absolute Gasteiger partial charge is 0.229 e. The molecule has 1 aromatic carbocycles. The third kappa shape index (κ3) is 4.33. The molecule has 1 aliphatic heterocycles. The molecule has 0 unspecified atom stereocenters. The molecule has 1 aromatic rings. The van der Waals surface area contributed by atoms with Gasteiger partial charge < -0.3 is 10.2 Å². The van der Waals surface area contributed by atoms with Gasteiger partial charge in [-0.1, -0.05) is 13.0 Å². The molecule has 22 heavy (non-hydrogen) atoms. The van der Waals surface area contributed by atoms with E-state index in [-0.39, 0.29) is 17.7 Å². The van der Waals surface area contributed by atoms with Crippen molar-refractivity contribution in [1.29, 1.82) is 0 Å². The molecule has 0 aromatic heterocycles. The number of nitrogens with zero attached hydrogens (tertiary/aromatic N) is 1.